The highest BCUT2D eigenvalue weighted by atomic mass is 16.5. The normalized spacial score (nSPS) is 10.8. The van der Waals surface area contributed by atoms with E-state index in [1.54, 1.807) is 18.5 Å². The van der Waals surface area contributed by atoms with Gasteiger partial charge in [-0.1, -0.05) is 19.9 Å². The monoisotopic (exact) mass is 343 g/mol. The standard InChI is InChI=1S/C19H25N3O3/c1-13(2)7-9-22-10-8-16(23)19(15(22)4)25-12-18(24)21-17-6-5-14(3)11-20-17/h5-6,8,10-11,13H,7,9,12H2,1-4H3,(H,20,21,24). The molecular weight excluding hydrogens is 318 g/mol. The quantitative estimate of drug-likeness (QED) is 0.839. The van der Waals surface area contributed by atoms with Crippen LogP contribution in [0.2, 0.25) is 0 Å². The van der Waals surface area contributed by atoms with Crippen molar-refractivity contribution in [2.24, 2.45) is 5.92 Å². The predicted molar refractivity (Wildman–Crippen MR) is 98.0 cm³/mol. The maximum absolute atomic E-state index is 12.1. The minimum Gasteiger partial charge on any atom is -0.478 e. The number of pyridine rings is 2. The average molecular weight is 343 g/mol. The maximum atomic E-state index is 12.1. The summed E-state index contributed by atoms with van der Waals surface area (Å²) in [7, 11) is 0. The maximum Gasteiger partial charge on any atom is 0.263 e. The number of hydrogen-bond donors (Lipinski definition) is 1. The van der Waals surface area contributed by atoms with Gasteiger partial charge in [-0.2, -0.15) is 0 Å². The van der Waals surface area contributed by atoms with E-state index < -0.39 is 0 Å². The second-order valence-corrected chi connectivity index (χ2v) is 6.53. The lowest BCUT2D eigenvalue weighted by molar-refractivity contribution is -0.118. The summed E-state index contributed by atoms with van der Waals surface area (Å²) in [5.74, 6) is 0.889. The second kappa shape index (κ2) is 8.46. The van der Waals surface area contributed by atoms with Crippen molar-refractivity contribution in [2.75, 3.05) is 11.9 Å². The summed E-state index contributed by atoms with van der Waals surface area (Å²) in [6.07, 6.45) is 4.44. The molecule has 2 rings (SSSR count). The molecule has 0 saturated carbocycles. The van der Waals surface area contributed by atoms with Crippen molar-refractivity contribution in [2.45, 2.75) is 40.7 Å². The Kier molecular flexibility index (Phi) is 6.33. The van der Waals surface area contributed by atoms with Gasteiger partial charge in [0.05, 0.1) is 5.69 Å². The van der Waals surface area contributed by atoms with Crippen LogP contribution in [0, 0.1) is 19.8 Å². The van der Waals surface area contributed by atoms with E-state index in [9.17, 15) is 9.59 Å². The lowest BCUT2D eigenvalue weighted by Gasteiger charge is -2.15. The van der Waals surface area contributed by atoms with Gasteiger partial charge in [-0.3, -0.25) is 9.59 Å². The van der Waals surface area contributed by atoms with E-state index in [1.807, 2.05) is 24.5 Å². The molecule has 0 atom stereocenters. The second-order valence-electron chi connectivity index (χ2n) is 6.53. The first-order valence-corrected chi connectivity index (χ1v) is 8.42. The SMILES string of the molecule is Cc1ccc(NC(=O)COc2c(C)n(CCC(C)C)ccc2=O)nc1. The first-order valence-electron chi connectivity index (χ1n) is 8.42. The molecule has 0 aromatic carbocycles. The van der Waals surface area contributed by atoms with Crippen LogP contribution in [0.4, 0.5) is 5.82 Å². The molecule has 25 heavy (non-hydrogen) atoms. The molecule has 2 aromatic rings. The van der Waals surface area contributed by atoms with Crippen LogP contribution < -0.4 is 15.5 Å². The van der Waals surface area contributed by atoms with E-state index in [0.29, 0.717) is 11.7 Å². The van der Waals surface area contributed by atoms with Gasteiger partial charge in [0, 0.05) is 25.0 Å². The third kappa shape index (κ3) is 5.45. The van der Waals surface area contributed by atoms with Crippen LogP contribution >= 0.6 is 0 Å². The first-order chi connectivity index (χ1) is 11.9. The minimum atomic E-state index is -0.354. The molecule has 134 valence electrons. The van der Waals surface area contributed by atoms with Crippen LogP contribution in [0.3, 0.4) is 0 Å². The van der Waals surface area contributed by atoms with Gasteiger partial charge in [0.2, 0.25) is 5.43 Å². The van der Waals surface area contributed by atoms with E-state index in [2.05, 4.69) is 24.1 Å². The molecule has 6 nitrogen and oxygen atoms in total. The smallest absolute Gasteiger partial charge is 0.263 e. The number of ether oxygens (including phenoxy) is 1. The molecule has 0 unspecified atom stereocenters. The summed E-state index contributed by atoms with van der Waals surface area (Å²) in [4.78, 5) is 28.2. The molecule has 6 heteroatoms. The number of nitrogens with zero attached hydrogens (tertiary/aromatic N) is 2. The lowest BCUT2D eigenvalue weighted by Crippen LogP contribution is -2.24. The summed E-state index contributed by atoms with van der Waals surface area (Å²) < 4.78 is 7.48. The first kappa shape index (κ1) is 18.7. The number of carbonyl (C=O) groups is 1. The van der Waals surface area contributed by atoms with Gasteiger partial charge in [0.25, 0.3) is 5.91 Å². The molecule has 0 aliphatic carbocycles. The topological polar surface area (TPSA) is 73.2 Å². The molecule has 0 spiro atoms. The van der Waals surface area contributed by atoms with Gasteiger partial charge in [0.1, 0.15) is 5.82 Å². The zero-order chi connectivity index (χ0) is 18.4. The van der Waals surface area contributed by atoms with Crippen molar-refractivity contribution >= 4 is 11.7 Å². The van der Waals surface area contributed by atoms with Gasteiger partial charge >= 0.3 is 0 Å². The Balaban J connectivity index is 2.01. The highest BCUT2D eigenvalue weighted by molar-refractivity contribution is 5.90. The fourth-order valence-corrected chi connectivity index (χ4v) is 2.33. The van der Waals surface area contributed by atoms with E-state index >= 15 is 0 Å². The summed E-state index contributed by atoms with van der Waals surface area (Å²) in [6, 6.07) is 5.06. The molecule has 0 fully saturated rings. The van der Waals surface area contributed by atoms with Crippen LogP contribution in [0.5, 0.6) is 5.75 Å². The fraction of sp³-hybridized carbons (Fsp3) is 0.421. The van der Waals surface area contributed by atoms with Crippen molar-refractivity contribution in [1.82, 2.24) is 9.55 Å². The Morgan fingerprint density at radius 1 is 1.28 bits per heavy atom. The molecule has 0 bridgehead atoms. The molecule has 0 radical (unpaired) electrons. The molecule has 0 aliphatic rings. The van der Waals surface area contributed by atoms with Crippen molar-refractivity contribution in [3.63, 3.8) is 0 Å². The van der Waals surface area contributed by atoms with E-state index in [-0.39, 0.29) is 23.7 Å². The number of rotatable bonds is 7. The summed E-state index contributed by atoms with van der Waals surface area (Å²) in [6.45, 7) is 8.62. The Bertz CT molecular complexity index is 779. The molecule has 2 aromatic heterocycles. The number of hydrogen-bond acceptors (Lipinski definition) is 4. The number of aryl methyl sites for hydroxylation is 2. The average Bonchev–Trinajstić information content (AvgIpc) is 2.56. The van der Waals surface area contributed by atoms with Gasteiger partial charge in [0.15, 0.2) is 12.4 Å². The van der Waals surface area contributed by atoms with Gasteiger partial charge < -0.3 is 14.6 Å². The third-order valence-corrected chi connectivity index (χ3v) is 3.86. The van der Waals surface area contributed by atoms with Crippen molar-refractivity contribution < 1.29 is 9.53 Å². The summed E-state index contributed by atoms with van der Waals surface area (Å²) in [5, 5.41) is 2.65. The number of amides is 1. The molecular formula is C19H25N3O3. The van der Waals surface area contributed by atoms with Crippen molar-refractivity contribution in [1.29, 1.82) is 0 Å². The van der Waals surface area contributed by atoms with Crippen LogP contribution in [0.15, 0.2) is 35.4 Å². The number of aromatic nitrogens is 2. The highest BCUT2D eigenvalue weighted by Gasteiger charge is 2.12. The van der Waals surface area contributed by atoms with Crippen LogP contribution in [0.1, 0.15) is 31.5 Å². The fourth-order valence-electron chi connectivity index (χ4n) is 2.33. The Hall–Kier alpha value is -2.63. The lowest BCUT2D eigenvalue weighted by atomic mass is 10.1. The Morgan fingerprint density at radius 2 is 2.04 bits per heavy atom. The van der Waals surface area contributed by atoms with Gasteiger partial charge in [-0.15, -0.1) is 0 Å². The van der Waals surface area contributed by atoms with E-state index in [0.717, 1.165) is 24.2 Å². The molecule has 2 heterocycles. The van der Waals surface area contributed by atoms with Crippen LogP contribution in [-0.4, -0.2) is 22.1 Å². The summed E-state index contributed by atoms with van der Waals surface area (Å²) in [5.41, 5.74) is 1.52. The minimum absolute atomic E-state index is 0.221. The third-order valence-electron chi connectivity index (χ3n) is 3.86. The number of carbonyl (C=O) groups excluding carboxylic acids is 1. The molecule has 1 N–H and O–H groups in total. The molecule has 1 amide bonds. The van der Waals surface area contributed by atoms with Crippen LogP contribution in [-0.2, 0) is 11.3 Å². The van der Waals surface area contributed by atoms with Gasteiger partial charge in [-0.05, 0) is 37.8 Å². The molecule has 0 aliphatic heterocycles. The predicted octanol–water partition coefficient (Wildman–Crippen LogP) is 2.92. The zero-order valence-corrected chi connectivity index (χ0v) is 15.2. The number of nitrogens with one attached hydrogen (secondary N) is 1. The van der Waals surface area contributed by atoms with Crippen LogP contribution in [0.25, 0.3) is 0 Å². The van der Waals surface area contributed by atoms with E-state index in [1.165, 1.54) is 6.07 Å². The zero-order valence-electron chi connectivity index (χ0n) is 15.2. The Labute approximate surface area is 147 Å². The van der Waals surface area contributed by atoms with Crippen molar-refractivity contribution in [3.05, 3.63) is 52.1 Å². The van der Waals surface area contributed by atoms with Crippen molar-refractivity contribution in [3.8, 4) is 5.75 Å². The largest absolute Gasteiger partial charge is 0.478 e. The van der Waals surface area contributed by atoms with Gasteiger partial charge in [-0.25, -0.2) is 4.98 Å². The highest BCUT2D eigenvalue weighted by Crippen LogP contribution is 2.14. The van der Waals surface area contributed by atoms with E-state index in [4.69, 9.17) is 4.74 Å². The Morgan fingerprint density at radius 3 is 2.68 bits per heavy atom. The molecule has 0 saturated heterocycles. The summed E-state index contributed by atoms with van der Waals surface area (Å²) >= 11 is 0. The number of anilines is 1.